The predicted octanol–water partition coefficient (Wildman–Crippen LogP) is 3.81. The van der Waals surface area contributed by atoms with E-state index >= 15 is 0 Å². The summed E-state index contributed by atoms with van der Waals surface area (Å²) in [5.41, 5.74) is 3.71. The van der Waals surface area contributed by atoms with Crippen molar-refractivity contribution >= 4 is 23.1 Å². The SMILES string of the molecule is CC1Cc2ccccc2N1c1cc(C(=O)Nc2cccnc2)ccn1. The summed E-state index contributed by atoms with van der Waals surface area (Å²) < 4.78 is 0. The van der Waals surface area contributed by atoms with Gasteiger partial charge in [-0.3, -0.25) is 9.78 Å². The van der Waals surface area contributed by atoms with E-state index in [1.165, 1.54) is 5.56 Å². The van der Waals surface area contributed by atoms with Crippen LogP contribution in [0.3, 0.4) is 0 Å². The Labute approximate surface area is 146 Å². The zero-order chi connectivity index (χ0) is 17.2. The highest BCUT2D eigenvalue weighted by Crippen LogP contribution is 2.37. The molecule has 0 spiro atoms. The number of pyridine rings is 2. The van der Waals surface area contributed by atoms with Crippen LogP contribution in [0.15, 0.2) is 67.1 Å². The normalized spacial score (nSPS) is 15.7. The number of nitrogens with one attached hydrogen (secondary N) is 1. The average Bonchev–Trinajstić information content (AvgIpc) is 2.98. The number of fused-ring (bicyclic) bond motifs is 1. The molecule has 5 nitrogen and oxygen atoms in total. The van der Waals surface area contributed by atoms with Gasteiger partial charge in [0.2, 0.25) is 0 Å². The van der Waals surface area contributed by atoms with Crippen molar-refractivity contribution in [3.8, 4) is 0 Å². The molecular weight excluding hydrogens is 312 g/mol. The summed E-state index contributed by atoms with van der Waals surface area (Å²) in [6.07, 6.45) is 5.95. The van der Waals surface area contributed by atoms with Crippen LogP contribution in [0, 0.1) is 0 Å². The van der Waals surface area contributed by atoms with Crippen molar-refractivity contribution in [1.29, 1.82) is 0 Å². The van der Waals surface area contributed by atoms with Gasteiger partial charge in [0.1, 0.15) is 5.82 Å². The molecule has 1 aliphatic rings. The highest BCUT2D eigenvalue weighted by Gasteiger charge is 2.28. The van der Waals surface area contributed by atoms with Crippen LogP contribution in [-0.2, 0) is 6.42 Å². The number of aromatic nitrogens is 2. The van der Waals surface area contributed by atoms with E-state index in [0.29, 0.717) is 17.3 Å². The van der Waals surface area contributed by atoms with E-state index in [1.54, 1.807) is 30.7 Å². The summed E-state index contributed by atoms with van der Waals surface area (Å²) in [4.78, 5) is 23.2. The van der Waals surface area contributed by atoms with Crippen LogP contribution in [0.4, 0.5) is 17.2 Å². The van der Waals surface area contributed by atoms with Crippen LogP contribution in [0.1, 0.15) is 22.8 Å². The zero-order valence-corrected chi connectivity index (χ0v) is 13.9. The molecule has 1 atom stereocenters. The number of carbonyl (C=O) groups excluding carboxylic acids is 1. The minimum atomic E-state index is -0.170. The van der Waals surface area contributed by atoms with Gasteiger partial charge in [-0.25, -0.2) is 4.98 Å². The third-order valence-electron chi connectivity index (χ3n) is 4.38. The van der Waals surface area contributed by atoms with E-state index < -0.39 is 0 Å². The molecule has 0 radical (unpaired) electrons. The summed E-state index contributed by atoms with van der Waals surface area (Å²) in [6.45, 7) is 2.17. The number of rotatable bonds is 3. The molecule has 1 unspecified atom stereocenters. The Morgan fingerprint density at radius 1 is 1.16 bits per heavy atom. The highest BCUT2D eigenvalue weighted by molar-refractivity contribution is 6.04. The van der Waals surface area contributed by atoms with Gasteiger partial charge in [0, 0.05) is 29.7 Å². The maximum Gasteiger partial charge on any atom is 0.255 e. The number of hydrogen-bond donors (Lipinski definition) is 1. The fraction of sp³-hybridized carbons (Fsp3) is 0.150. The molecule has 2 aromatic heterocycles. The molecule has 0 saturated heterocycles. The number of amides is 1. The van der Waals surface area contributed by atoms with E-state index in [-0.39, 0.29) is 5.91 Å². The lowest BCUT2D eigenvalue weighted by molar-refractivity contribution is 0.102. The molecule has 0 aliphatic carbocycles. The third kappa shape index (κ3) is 2.96. The van der Waals surface area contributed by atoms with Gasteiger partial charge in [-0.1, -0.05) is 18.2 Å². The monoisotopic (exact) mass is 330 g/mol. The minimum Gasteiger partial charge on any atom is -0.323 e. The maximum atomic E-state index is 12.5. The Morgan fingerprint density at radius 2 is 2.04 bits per heavy atom. The van der Waals surface area contributed by atoms with Crippen LogP contribution < -0.4 is 10.2 Å². The molecule has 0 bridgehead atoms. The topological polar surface area (TPSA) is 58.1 Å². The van der Waals surface area contributed by atoms with Gasteiger partial charge in [0.25, 0.3) is 5.91 Å². The van der Waals surface area contributed by atoms with E-state index in [0.717, 1.165) is 17.9 Å². The van der Waals surface area contributed by atoms with Gasteiger partial charge in [0.05, 0.1) is 11.9 Å². The second kappa shape index (κ2) is 6.36. The lowest BCUT2D eigenvalue weighted by atomic mass is 10.1. The van der Waals surface area contributed by atoms with Crippen molar-refractivity contribution in [2.45, 2.75) is 19.4 Å². The molecule has 1 amide bonds. The van der Waals surface area contributed by atoms with Gasteiger partial charge in [-0.15, -0.1) is 0 Å². The van der Waals surface area contributed by atoms with Crippen molar-refractivity contribution < 1.29 is 4.79 Å². The molecule has 0 fully saturated rings. The summed E-state index contributed by atoms with van der Waals surface area (Å²) >= 11 is 0. The van der Waals surface area contributed by atoms with Gasteiger partial charge in [-0.05, 0) is 49.2 Å². The molecule has 1 aromatic carbocycles. The smallest absolute Gasteiger partial charge is 0.255 e. The fourth-order valence-electron chi connectivity index (χ4n) is 3.25. The summed E-state index contributed by atoms with van der Waals surface area (Å²) in [5.74, 6) is 0.619. The molecule has 124 valence electrons. The van der Waals surface area contributed by atoms with Crippen molar-refractivity contribution in [1.82, 2.24) is 9.97 Å². The maximum absolute atomic E-state index is 12.5. The standard InChI is InChI=1S/C20H18N4O/c1-14-11-15-5-2-3-7-18(15)24(14)19-12-16(8-10-22-19)20(25)23-17-6-4-9-21-13-17/h2-10,12-14H,11H2,1H3,(H,23,25). The number of hydrogen-bond acceptors (Lipinski definition) is 4. The summed E-state index contributed by atoms with van der Waals surface area (Å²) in [7, 11) is 0. The molecule has 0 saturated carbocycles. The van der Waals surface area contributed by atoms with Crippen molar-refractivity contribution in [2.24, 2.45) is 0 Å². The van der Waals surface area contributed by atoms with Crippen molar-refractivity contribution in [2.75, 3.05) is 10.2 Å². The van der Waals surface area contributed by atoms with Gasteiger partial charge < -0.3 is 10.2 Å². The first kappa shape index (κ1) is 15.3. The summed E-state index contributed by atoms with van der Waals surface area (Å²) in [5, 5.41) is 2.86. The quantitative estimate of drug-likeness (QED) is 0.793. The lowest BCUT2D eigenvalue weighted by Gasteiger charge is -2.24. The van der Waals surface area contributed by atoms with Crippen LogP contribution in [-0.4, -0.2) is 21.9 Å². The Hall–Kier alpha value is -3.21. The number of benzene rings is 1. The molecule has 1 N–H and O–H groups in total. The van der Waals surface area contributed by atoms with Crippen molar-refractivity contribution in [3.63, 3.8) is 0 Å². The molecule has 25 heavy (non-hydrogen) atoms. The van der Waals surface area contributed by atoms with Crippen molar-refractivity contribution in [3.05, 3.63) is 78.2 Å². The van der Waals surface area contributed by atoms with Crippen LogP contribution in [0.5, 0.6) is 0 Å². The van der Waals surface area contributed by atoms with Crippen LogP contribution in [0.25, 0.3) is 0 Å². The second-order valence-corrected chi connectivity index (χ2v) is 6.15. The Kier molecular flexibility index (Phi) is 3.90. The molecule has 1 aliphatic heterocycles. The molecular formula is C20H18N4O. The minimum absolute atomic E-state index is 0.170. The van der Waals surface area contributed by atoms with E-state index in [2.05, 4.69) is 45.3 Å². The molecule has 3 heterocycles. The summed E-state index contributed by atoms with van der Waals surface area (Å²) in [6, 6.07) is 15.8. The van der Waals surface area contributed by atoms with Gasteiger partial charge in [0.15, 0.2) is 0 Å². The molecule has 4 rings (SSSR count). The van der Waals surface area contributed by atoms with Gasteiger partial charge in [-0.2, -0.15) is 0 Å². The number of para-hydroxylation sites is 1. The Morgan fingerprint density at radius 3 is 2.88 bits per heavy atom. The van der Waals surface area contributed by atoms with Crippen LogP contribution in [0.2, 0.25) is 0 Å². The first-order valence-electron chi connectivity index (χ1n) is 8.27. The largest absolute Gasteiger partial charge is 0.323 e. The average molecular weight is 330 g/mol. The first-order valence-corrected chi connectivity index (χ1v) is 8.27. The predicted molar refractivity (Wildman–Crippen MR) is 98.2 cm³/mol. The Balaban J connectivity index is 1.63. The lowest BCUT2D eigenvalue weighted by Crippen LogP contribution is -2.25. The first-order chi connectivity index (χ1) is 12.2. The molecule has 3 aromatic rings. The number of carbonyl (C=O) groups is 1. The fourth-order valence-corrected chi connectivity index (χ4v) is 3.25. The highest BCUT2D eigenvalue weighted by atomic mass is 16.1. The van der Waals surface area contributed by atoms with E-state index in [9.17, 15) is 4.79 Å². The Bertz CT molecular complexity index is 910. The van der Waals surface area contributed by atoms with Crippen LogP contribution >= 0.6 is 0 Å². The third-order valence-corrected chi connectivity index (χ3v) is 4.38. The van der Waals surface area contributed by atoms with Gasteiger partial charge >= 0.3 is 0 Å². The number of nitrogens with zero attached hydrogens (tertiary/aromatic N) is 3. The zero-order valence-electron chi connectivity index (χ0n) is 13.9. The second-order valence-electron chi connectivity index (χ2n) is 6.15. The van der Waals surface area contributed by atoms with E-state index in [4.69, 9.17) is 0 Å². The van der Waals surface area contributed by atoms with E-state index in [1.807, 2.05) is 18.2 Å². The molecule has 5 heteroatoms. The number of anilines is 3.